The Labute approximate surface area is 251 Å². The zero-order valence-corrected chi connectivity index (χ0v) is 24.8. The van der Waals surface area contributed by atoms with Crippen LogP contribution in [0, 0.1) is 5.82 Å². The highest BCUT2D eigenvalue weighted by Crippen LogP contribution is 2.44. The summed E-state index contributed by atoms with van der Waals surface area (Å²) in [5, 5.41) is 14.8. The zero-order valence-electron chi connectivity index (χ0n) is 22.4. The second kappa shape index (κ2) is 10.9. The maximum atomic E-state index is 13.7. The number of halogens is 3. The second-order valence-corrected chi connectivity index (χ2v) is 12.3. The Kier molecular flexibility index (Phi) is 7.06. The van der Waals surface area contributed by atoms with Crippen LogP contribution >= 0.6 is 34.5 Å². The van der Waals surface area contributed by atoms with Gasteiger partial charge in [-0.1, -0.05) is 47.5 Å². The Morgan fingerprint density at radius 2 is 1.68 bits per heavy atom. The first-order valence-corrected chi connectivity index (χ1v) is 15.4. The molecule has 1 saturated carbocycles. The highest BCUT2D eigenvalue weighted by molar-refractivity contribution is 7.18. The summed E-state index contributed by atoms with van der Waals surface area (Å²) < 4.78 is 16.1. The van der Waals surface area contributed by atoms with Gasteiger partial charge in [0, 0.05) is 43.3 Å². The molecule has 0 atom stereocenters. The first kappa shape index (κ1) is 26.6. The van der Waals surface area contributed by atoms with Crippen molar-refractivity contribution in [3.8, 4) is 22.0 Å². The summed E-state index contributed by atoms with van der Waals surface area (Å²) in [6.45, 7) is 7.15. The fourth-order valence-corrected chi connectivity index (χ4v) is 6.49. The number of hydrogen-bond acceptors (Lipinski definition) is 7. The van der Waals surface area contributed by atoms with Gasteiger partial charge in [0.25, 0.3) is 0 Å². The highest BCUT2D eigenvalue weighted by atomic mass is 35.5. The third-order valence-electron chi connectivity index (χ3n) is 7.81. The van der Waals surface area contributed by atoms with Crippen LogP contribution in [0.15, 0.2) is 54.6 Å². The molecule has 1 saturated heterocycles. The van der Waals surface area contributed by atoms with Gasteiger partial charge in [-0.15, -0.1) is 10.2 Å². The normalized spacial score (nSPS) is 16.0. The van der Waals surface area contributed by atoms with Crippen LogP contribution in [-0.2, 0) is 0 Å². The number of hydrogen-bond donors (Lipinski definition) is 1. The SMILES string of the molecule is CCN1CCN(c2cc3c(cc2Nc2nnc(-c4ccc(Cl)c(Cl)c4)s2)nc(-c2ccc(F)cc2)n3C2CC2)CC1. The van der Waals surface area contributed by atoms with Crippen LogP contribution in [0.1, 0.15) is 25.8 Å². The van der Waals surface area contributed by atoms with E-state index in [1.807, 2.05) is 18.2 Å². The van der Waals surface area contributed by atoms with Crippen LogP contribution in [0.2, 0.25) is 10.0 Å². The van der Waals surface area contributed by atoms with Gasteiger partial charge in [-0.2, -0.15) is 0 Å². The smallest absolute Gasteiger partial charge is 0.210 e. The molecule has 5 aromatic rings. The molecule has 0 radical (unpaired) electrons. The van der Waals surface area contributed by atoms with Crippen LogP contribution in [0.3, 0.4) is 0 Å². The van der Waals surface area contributed by atoms with Crippen molar-refractivity contribution in [2.45, 2.75) is 25.8 Å². The second-order valence-electron chi connectivity index (χ2n) is 10.5. The van der Waals surface area contributed by atoms with E-state index in [9.17, 15) is 4.39 Å². The van der Waals surface area contributed by atoms with Crippen molar-refractivity contribution in [2.75, 3.05) is 42.9 Å². The molecule has 2 fully saturated rings. The molecule has 0 bridgehead atoms. The number of likely N-dealkylation sites (N-methyl/N-ethyl adjacent to an activating group) is 1. The van der Waals surface area contributed by atoms with Crippen molar-refractivity contribution in [3.63, 3.8) is 0 Å². The van der Waals surface area contributed by atoms with Crippen LogP contribution < -0.4 is 10.2 Å². The van der Waals surface area contributed by atoms with E-state index in [0.717, 1.165) is 89.9 Å². The molecule has 3 heterocycles. The first-order valence-electron chi connectivity index (χ1n) is 13.8. The van der Waals surface area contributed by atoms with Gasteiger partial charge in [0.15, 0.2) is 0 Å². The van der Waals surface area contributed by atoms with Crippen molar-refractivity contribution < 1.29 is 4.39 Å². The van der Waals surface area contributed by atoms with Crippen LogP contribution in [-0.4, -0.2) is 57.4 Å². The van der Waals surface area contributed by atoms with Crippen molar-refractivity contribution in [2.24, 2.45) is 0 Å². The van der Waals surface area contributed by atoms with Crippen LogP contribution in [0.5, 0.6) is 0 Å². The van der Waals surface area contributed by atoms with Crippen molar-refractivity contribution in [1.29, 1.82) is 0 Å². The van der Waals surface area contributed by atoms with Crippen molar-refractivity contribution in [3.05, 3.63) is 70.5 Å². The number of rotatable bonds is 7. The molecule has 210 valence electrons. The van der Waals surface area contributed by atoms with E-state index >= 15 is 0 Å². The lowest BCUT2D eigenvalue weighted by atomic mass is 10.2. The number of imidazole rings is 1. The van der Waals surface area contributed by atoms with Crippen molar-refractivity contribution in [1.82, 2.24) is 24.6 Å². The minimum absolute atomic E-state index is 0.250. The van der Waals surface area contributed by atoms with E-state index in [0.29, 0.717) is 21.2 Å². The van der Waals surface area contributed by atoms with E-state index in [1.165, 1.54) is 23.5 Å². The summed E-state index contributed by atoms with van der Waals surface area (Å²) in [4.78, 5) is 9.98. The maximum absolute atomic E-state index is 13.7. The van der Waals surface area contributed by atoms with Crippen LogP contribution in [0.25, 0.3) is 33.0 Å². The number of fused-ring (bicyclic) bond motifs is 1. The van der Waals surface area contributed by atoms with E-state index < -0.39 is 0 Å². The molecule has 41 heavy (non-hydrogen) atoms. The Hall–Kier alpha value is -3.24. The van der Waals surface area contributed by atoms with Gasteiger partial charge in [-0.3, -0.25) is 0 Å². The fourth-order valence-electron chi connectivity index (χ4n) is 5.44. The van der Waals surface area contributed by atoms with Gasteiger partial charge in [0.05, 0.1) is 32.5 Å². The number of piperazine rings is 1. The Bertz CT molecular complexity index is 1720. The molecule has 11 heteroatoms. The molecular formula is C30H28Cl2FN7S. The summed E-state index contributed by atoms with van der Waals surface area (Å²) in [5.41, 5.74) is 5.82. The Morgan fingerprint density at radius 3 is 2.39 bits per heavy atom. The van der Waals surface area contributed by atoms with Gasteiger partial charge >= 0.3 is 0 Å². The summed E-state index contributed by atoms with van der Waals surface area (Å²) in [5.74, 6) is 0.624. The maximum Gasteiger partial charge on any atom is 0.210 e. The topological polar surface area (TPSA) is 62.1 Å². The van der Waals surface area contributed by atoms with E-state index in [-0.39, 0.29) is 5.82 Å². The summed E-state index contributed by atoms with van der Waals surface area (Å²) >= 11 is 13.8. The number of anilines is 3. The summed E-state index contributed by atoms with van der Waals surface area (Å²) in [6, 6.07) is 16.9. The van der Waals surface area contributed by atoms with Gasteiger partial charge in [0.1, 0.15) is 16.6 Å². The number of nitrogens with one attached hydrogen (secondary N) is 1. The highest BCUT2D eigenvalue weighted by Gasteiger charge is 2.30. The van der Waals surface area contributed by atoms with Crippen LogP contribution in [0.4, 0.5) is 20.9 Å². The quantitative estimate of drug-likeness (QED) is 0.203. The molecule has 7 rings (SSSR count). The average Bonchev–Trinajstić information content (AvgIpc) is 3.60. The minimum atomic E-state index is -0.250. The van der Waals surface area contributed by atoms with Gasteiger partial charge < -0.3 is 19.7 Å². The Balaban J connectivity index is 1.30. The lowest BCUT2D eigenvalue weighted by molar-refractivity contribution is 0.271. The molecule has 7 nitrogen and oxygen atoms in total. The third-order valence-corrected chi connectivity index (χ3v) is 9.44. The van der Waals surface area contributed by atoms with E-state index in [4.69, 9.17) is 28.2 Å². The first-order chi connectivity index (χ1) is 20.0. The van der Waals surface area contributed by atoms with Crippen molar-refractivity contribution >= 4 is 62.1 Å². The summed E-state index contributed by atoms with van der Waals surface area (Å²) in [7, 11) is 0. The molecule has 0 amide bonds. The van der Waals surface area contributed by atoms with Gasteiger partial charge in [-0.05, 0) is 67.9 Å². The molecule has 2 aromatic heterocycles. The number of nitrogens with zero attached hydrogens (tertiary/aromatic N) is 6. The third kappa shape index (κ3) is 5.28. The summed E-state index contributed by atoms with van der Waals surface area (Å²) in [6.07, 6.45) is 2.23. The lowest BCUT2D eigenvalue weighted by Gasteiger charge is -2.36. The molecule has 2 aliphatic rings. The average molecular weight is 609 g/mol. The van der Waals surface area contributed by atoms with E-state index in [2.05, 4.69) is 48.9 Å². The Morgan fingerprint density at radius 1 is 0.927 bits per heavy atom. The fraction of sp³-hybridized carbons (Fsp3) is 0.300. The number of aromatic nitrogens is 4. The molecule has 1 aliphatic carbocycles. The standard InChI is InChI=1S/C30H28Cl2FN7S/c1-2-38-11-13-39(14-12-38)26-17-27-25(34-28(40(27)21-8-9-21)18-3-6-20(33)7-4-18)16-24(26)35-30-37-36-29(41-30)19-5-10-22(31)23(32)15-19/h3-7,10,15-17,21H,2,8-9,11-14H2,1H3,(H,35,37). The molecule has 1 N–H and O–H groups in total. The number of benzene rings is 3. The minimum Gasteiger partial charge on any atom is -0.367 e. The van der Waals surface area contributed by atoms with Gasteiger partial charge in [-0.25, -0.2) is 9.37 Å². The molecule has 1 aliphatic heterocycles. The van der Waals surface area contributed by atoms with Gasteiger partial charge in [0.2, 0.25) is 5.13 Å². The molecular weight excluding hydrogens is 580 g/mol. The predicted molar refractivity (Wildman–Crippen MR) is 166 cm³/mol. The monoisotopic (exact) mass is 607 g/mol. The predicted octanol–water partition coefficient (Wildman–Crippen LogP) is 7.89. The molecule has 3 aromatic carbocycles. The zero-order chi connectivity index (χ0) is 28.1. The largest absolute Gasteiger partial charge is 0.367 e. The lowest BCUT2D eigenvalue weighted by Crippen LogP contribution is -2.46. The molecule has 0 spiro atoms. The molecule has 0 unspecified atom stereocenters. The van der Waals surface area contributed by atoms with E-state index in [1.54, 1.807) is 12.1 Å².